The van der Waals surface area contributed by atoms with E-state index in [2.05, 4.69) is 0 Å². The maximum Gasteiger partial charge on any atom is 0.251 e. The van der Waals surface area contributed by atoms with Crippen LogP contribution in [0.25, 0.3) is 0 Å². The predicted molar refractivity (Wildman–Crippen MR) is 91.2 cm³/mol. The van der Waals surface area contributed by atoms with Crippen molar-refractivity contribution in [2.24, 2.45) is 11.3 Å². The molecule has 2 atom stereocenters. The number of allylic oxidation sites excluding steroid dienone is 1. The lowest BCUT2D eigenvalue weighted by Gasteiger charge is -2.54. The Kier molecular flexibility index (Phi) is 4.51. The Balaban J connectivity index is 2.17. The normalized spacial score (nSPS) is 29.0. The van der Waals surface area contributed by atoms with Gasteiger partial charge in [-0.3, -0.25) is 9.69 Å². The molecule has 1 aliphatic heterocycles. The van der Waals surface area contributed by atoms with Crippen LogP contribution in [0.2, 0.25) is 0 Å². The molecule has 1 saturated heterocycles. The zero-order valence-corrected chi connectivity index (χ0v) is 14.5. The lowest BCUT2D eigenvalue weighted by atomic mass is 9.52. The summed E-state index contributed by atoms with van der Waals surface area (Å²) in [7, 11) is 0. The zero-order valence-electron chi connectivity index (χ0n) is 14.5. The maximum absolute atomic E-state index is 13.0. The quantitative estimate of drug-likeness (QED) is 0.842. The third kappa shape index (κ3) is 2.89. The number of carbonyl (C=O) groups is 1. The summed E-state index contributed by atoms with van der Waals surface area (Å²) in [5.41, 5.74) is -0.181. The highest BCUT2D eigenvalue weighted by Crippen LogP contribution is 2.53. The summed E-state index contributed by atoms with van der Waals surface area (Å²) in [4.78, 5) is 14.5. The van der Waals surface area contributed by atoms with E-state index in [1.54, 1.807) is 11.0 Å². The van der Waals surface area contributed by atoms with E-state index in [4.69, 9.17) is 0 Å². The smallest absolute Gasteiger partial charge is 0.251 e. The minimum atomic E-state index is -2.40. The van der Waals surface area contributed by atoms with Gasteiger partial charge in [-0.2, -0.15) is 5.26 Å². The standard InChI is InChI=1S/C20H22F2N2O/c1-19(2)16-8-9-24(12-17(21)22)13-20(16,10-14(11-23)18(19)25)15-6-4-3-5-7-15/h3-7,10,16-17H,8-9,12-13H2,1-2H3/t16-,20+/m0/s1. The number of alkyl halides is 2. The zero-order chi connectivity index (χ0) is 18.2. The summed E-state index contributed by atoms with van der Waals surface area (Å²) in [6, 6.07) is 11.7. The molecule has 0 aromatic heterocycles. The fourth-order valence-electron chi connectivity index (χ4n) is 4.67. The summed E-state index contributed by atoms with van der Waals surface area (Å²) < 4.78 is 25.9. The van der Waals surface area contributed by atoms with Gasteiger partial charge in [0.05, 0.1) is 12.1 Å². The van der Waals surface area contributed by atoms with E-state index in [1.807, 2.05) is 50.2 Å². The second-order valence-corrected chi connectivity index (χ2v) is 7.59. The van der Waals surface area contributed by atoms with Crippen LogP contribution in [0.15, 0.2) is 42.0 Å². The third-order valence-corrected chi connectivity index (χ3v) is 5.77. The summed E-state index contributed by atoms with van der Waals surface area (Å²) in [6.07, 6.45) is -0.00430. The Hall–Kier alpha value is -2.06. The lowest BCUT2D eigenvalue weighted by Crippen LogP contribution is -2.59. The van der Waals surface area contributed by atoms with Crippen molar-refractivity contribution in [2.75, 3.05) is 19.6 Å². The number of halogens is 2. The molecule has 0 radical (unpaired) electrons. The SMILES string of the molecule is CC1(C)C(=O)C(C#N)=C[C@]2(c3ccccc3)CN(CC(F)F)CC[C@@H]12. The van der Waals surface area contributed by atoms with Crippen molar-refractivity contribution < 1.29 is 13.6 Å². The molecule has 132 valence electrons. The van der Waals surface area contributed by atoms with Crippen molar-refractivity contribution in [1.82, 2.24) is 4.90 Å². The molecule has 5 heteroatoms. The van der Waals surface area contributed by atoms with Crippen molar-refractivity contribution in [3.05, 3.63) is 47.5 Å². The van der Waals surface area contributed by atoms with Gasteiger partial charge in [-0.05, 0) is 24.4 Å². The minimum absolute atomic E-state index is 0.0269. The molecular weight excluding hydrogens is 322 g/mol. The number of nitrogens with zero attached hydrogens (tertiary/aromatic N) is 2. The average Bonchev–Trinajstić information content (AvgIpc) is 2.58. The van der Waals surface area contributed by atoms with Crippen LogP contribution in [0.1, 0.15) is 25.8 Å². The highest BCUT2D eigenvalue weighted by atomic mass is 19.3. The first-order valence-corrected chi connectivity index (χ1v) is 8.55. The van der Waals surface area contributed by atoms with E-state index in [-0.39, 0.29) is 23.8 Å². The topological polar surface area (TPSA) is 44.1 Å². The summed E-state index contributed by atoms with van der Waals surface area (Å²) in [6.45, 7) is 4.41. The molecule has 3 rings (SSSR count). The van der Waals surface area contributed by atoms with Crippen LogP contribution in [0, 0.1) is 22.7 Å². The number of carbonyl (C=O) groups excluding carboxylic acids is 1. The van der Waals surface area contributed by atoms with Crippen LogP contribution in [0.4, 0.5) is 8.78 Å². The van der Waals surface area contributed by atoms with Gasteiger partial charge in [-0.1, -0.05) is 50.3 Å². The van der Waals surface area contributed by atoms with Gasteiger partial charge in [0.25, 0.3) is 6.43 Å². The number of nitriles is 1. The van der Waals surface area contributed by atoms with Crippen molar-refractivity contribution in [2.45, 2.75) is 32.1 Å². The Morgan fingerprint density at radius 3 is 2.60 bits per heavy atom. The van der Waals surface area contributed by atoms with E-state index < -0.39 is 17.3 Å². The number of hydrogen-bond acceptors (Lipinski definition) is 3. The molecule has 0 unspecified atom stereocenters. The Morgan fingerprint density at radius 1 is 1.32 bits per heavy atom. The molecule has 0 bridgehead atoms. The van der Waals surface area contributed by atoms with Gasteiger partial charge in [-0.25, -0.2) is 8.78 Å². The Bertz CT molecular complexity index is 736. The van der Waals surface area contributed by atoms with Gasteiger partial charge in [0.1, 0.15) is 6.07 Å². The fraction of sp³-hybridized carbons (Fsp3) is 0.500. The molecule has 1 heterocycles. The molecule has 1 fully saturated rings. The number of benzene rings is 1. The van der Waals surface area contributed by atoms with E-state index in [0.29, 0.717) is 19.5 Å². The predicted octanol–water partition coefficient (Wildman–Crippen LogP) is 3.57. The molecule has 0 spiro atoms. The van der Waals surface area contributed by atoms with Crippen LogP contribution < -0.4 is 0 Å². The number of ketones is 1. The van der Waals surface area contributed by atoms with Crippen LogP contribution in [0.3, 0.4) is 0 Å². The molecule has 1 aliphatic carbocycles. The first kappa shape index (κ1) is 17.8. The Morgan fingerprint density at radius 2 is 2.00 bits per heavy atom. The van der Waals surface area contributed by atoms with Crippen LogP contribution >= 0.6 is 0 Å². The summed E-state index contributed by atoms with van der Waals surface area (Å²) in [5.74, 6) is -0.171. The molecule has 1 aromatic rings. The second-order valence-electron chi connectivity index (χ2n) is 7.59. The number of hydrogen-bond donors (Lipinski definition) is 0. The van der Waals surface area contributed by atoms with Crippen molar-refractivity contribution in [3.8, 4) is 6.07 Å². The van der Waals surface area contributed by atoms with Gasteiger partial charge >= 0.3 is 0 Å². The molecule has 0 N–H and O–H groups in total. The van der Waals surface area contributed by atoms with Gasteiger partial charge < -0.3 is 0 Å². The monoisotopic (exact) mass is 344 g/mol. The van der Waals surface area contributed by atoms with Crippen molar-refractivity contribution in [3.63, 3.8) is 0 Å². The molecule has 2 aliphatic rings. The minimum Gasteiger partial charge on any atom is -0.297 e. The number of Topliss-reactive ketones (excluding diaryl/α,β-unsaturated/α-hetero) is 1. The highest BCUT2D eigenvalue weighted by molar-refractivity contribution is 6.04. The van der Waals surface area contributed by atoms with Gasteiger partial charge in [-0.15, -0.1) is 0 Å². The third-order valence-electron chi connectivity index (χ3n) is 5.77. The first-order valence-electron chi connectivity index (χ1n) is 8.55. The number of piperidine rings is 1. The number of likely N-dealkylation sites (tertiary alicyclic amines) is 1. The van der Waals surface area contributed by atoms with Gasteiger partial charge in [0.15, 0.2) is 5.78 Å². The van der Waals surface area contributed by atoms with E-state index in [1.165, 1.54) is 0 Å². The maximum atomic E-state index is 13.0. The largest absolute Gasteiger partial charge is 0.297 e. The average molecular weight is 344 g/mol. The molecular formula is C20H22F2N2O. The van der Waals surface area contributed by atoms with Crippen LogP contribution in [-0.2, 0) is 10.2 Å². The first-order chi connectivity index (χ1) is 11.8. The summed E-state index contributed by atoms with van der Waals surface area (Å²) in [5, 5.41) is 9.48. The Labute approximate surface area is 146 Å². The molecule has 1 aromatic carbocycles. The van der Waals surface area contributed by atoms with Crippen molar-refractivity contribution >= 4 is 5.78 Å². The number of rotatable bonds is 3. The number of fused-ring (bicyclic) bond motifs is 1. The van der Waals surface area contributed by atoms with Crippen LogP contribution in [0.5, 0.6) is 0 Å². The lowest BCUT2D eigenvalue weighted by molar-refractivity contribution is -0.130. The molecule has 0 saturated carbocycles. The summed E-state index contributed by atoms with van der Waals surface area (Å²) >= 11 is 0. The molecule has 3 nitrogen and oxygen atoms in total. The molecule has 25 heavy (non-hydrogen) atoms. The van der Waals surface area contributed by atoms with E-state index in [0.717, 1.165) is 5.56 Å². The van der Waals surface area contributed by atoms with E-state index >= 15 is 0 Å². The highest BCUT2D eigenvalue weighted by Gasteiger charge is 2.56. The van der Waals surface area contributed by atoms with Gasteiger partial charge in [0, 0.05) is 17.4 Å². The fourth-order valence-corrected chi connectivity index (χ4v) is 4.67. The van der Waals surface area contributed by atoms with Crippen molar-refractivity contribution in [1.29, 1.82) is 5.26 Å². The van der Waals surface area contributed by atoms with Crippen LogP contribution in [-0.4, -0.2) is 36.7 Å². The van der Waals surface area contributed by atoms with Gasteiger partial charge in [0.2, 0.25) is 0 Å². The van der Waals surface area contributed by atoms with E-state index in [9.17, 15) is 18.8 Å². The molecule has 0 amide bonds. The second kappa shape index (κ2) is 6.34.